The molecular weight excluding hydrogens is 352 g/mol. The number of benzene rings is 1. The molecule has 3 unspecified atom stereocenters. The van der Waals surface area contributed by atoms with E-state index in [4.69, 9.17) is 9.84 Å². The first-order valence-electron chi connectivity index (χ1n) is 8.93. The number of ether oxygens (including phenoxy) is 1. The van der Waals surface area contributed by atoms with Gasteiger partial charge in [-0.25, -0.2) is 4.79 Å². The van der Waals surface area contributed by atoms with Gasteiger partial charge in [0.2, 0.25) is 11.8 Å². The molecule has 1 aromatic rings. The van der Waals surface area contributed by atoms with Crippen LogP contribution in [0, 0.1) is 5.92 Å². The maximum absolute atomic E-state index is 12.8. The van der Waals surface area contributed by atoms with Crippen molar-refractivity contribution in [2.24, 2.45) is 5.92 Å². The molecule has 0 bridgehead atoms. The highest BCUT2D eigenvalue weighted by molar-refractivity contribution is 5.91. The van der Waals surface area contributed by atoms with Crippen molar-refractivity contribution in [3.63, 3.8) is 0 Å². The fourth-order valence-electron chi connectivity index (χ4n) is 3.46. The van der Waals surface area contributed by atoms with Crippen LogP contribution in [0.4, 0.5) is 0 Å². The Bertz CT molecular complexity index is 758. The van der Waals surface area contributed by atoms with Crippen LogP contribution < -0.4 is 10.1 Å². The summed E-state index contributed by atoms with van der Waals surface area (Å²) in [6.45, 7) is 0.686. The van der Waals surface area contributed by atoms with Gasteiger partial charge >= 0.3 is 5.97 Å². The molecule has 3 N–H and O–H groups in total. The maximum atomic E-state index is 12.8. The molecule has 0 radical (unpaired) electrons. The Kier molecular flexibility index (Phi) is 5.10. The summed E-state index contributed by atoms with van der Waals surface area (Å²) in [5.74, 6) is -1.98. The average molecular weight is 376 g/mol. The number of rotatable bonds is 7. The van der Waals surface area contributed by atoms with Crippen LogP contribution in [-0.4, -0.2) is 58.2 Å². The van der Waals surface area contributed by atoms with Crippen LogP contribution in [0.15, 0.2) is 24.3 Å². The summed E-state index contributed by atoms with van der Waals surface area (Å²) in [7, 11) is 1.55. The van der Waals surface area contributed by atoms with E-state index in [0.717, 1.165) is 25.3 Å². The Hall–Kier alpha value is -2.61. The first-order valence-corrected chi connectivity index (χ1v) is 8.93. The monoisotopic (exact) mass is 376 g/mol. The van der Waals surface area contributed by atoms with E-state index in [-0.39, 0.29) is 18.4 Å². The average Bonchev–Trinajstić information content (AvgIpc) is 3.41. The Labute approximate surface area is 157 Å². The largest absolute Gasteiger partial charge is 0.497 e. The number of amides is 2. The van der Waals surface area contributed by atoms with Crippen molar-refractivity contribution < 1.29 is 29.3 Å². The van der Waals surface area contributed by atoms with E-state index >= 15 is 0 Å². The van der Waals surface area contributed by atoms with Gasteiger partial charge in [0.1, 0.15) is 5.75 Å². The summed E-state index contributed by atoms with van der Waals surface area (Å²) in [5.41, 5.74) is -1.27. The molecule has 3 atom stereocenters. The molecule has 1 saturated heterocycles. The summed E-state index contributed by atoms with van der Waals surface area (Å²) in [4.78, 5) is 38.2. The van der Waals surface area contributed by atoms with E-state index in [2.05, 4.69) is 5.32 Å². The van der Waals surface area contributed by atoms with E-state index < -0.39 is 36.0 Å². The molecule has 1 aromatic carbocycles. The van der Waals surface area contributed by atoms with Crippen molar-refractivity contribution in [1.82, 2.24) is 10.2 Å². The lowest BCUT2D eigenvalue weighted by molar-refractivity contribution is -0.156. The molecule has 146 valence electrons. The Morgan fingerprint density at radius 1 is 1.37 bits per heavy atom. The molecular formula is C19H24N2O6. The number of methoxy groups -OCH3 is 1. The molecule has 8 nitrogen and oxygen atoms in total. The summed E-state index contributed by atoms with van der Waals surface area (Å²) in [6.07, 6.45) is 1.88. The van der Waals surface area contributed by atoms with Crippen molar-refractivity contribution in [3.05, 3.63) is 29.8 Å². The molecule has 1 aliphatic heterocycles. The van der Waals surface area contributed by atoms with Crippen LogP contribution in [0.1, 0.15) is 37.8 Å². The van der Waals surface area contributed by atoms with Gasteiger partial charge in [-0.2, -0.15) is 0 Å². The minimum Gasteiger partial charge on any atom is -0.497 e. The third-order valence-corrected chi connectivity index (χ3v) is 5.14. The molecule has 2 aliphatic rings. The fraction of sp³-hybridized carbons (Fsp3) is 0.526. The molecule has 1 heterocycles. The Balaban J connectivity index is 1.84. The summed E-state index contributed by atoms with van der Waals surface area (Å²) in [6, 6.07) is 6.97. The van der Waals surface area contributed by atoms with Crippen LogP contribution in [-0.2, 0) is 14.4 Å². The molecule has 2 amide bonds. The second-order valence-electron chi connectivity index (χ2n) is 7.36. The zero-order valence-corrected chi connectivity index (χ0v) is 15.3. The number of likely N-dealkylation sites (tertiary alicyclic amines) is 1. The summed E-state index contributed by atoms with van der Waals surface area (Å²) < 4.78 is 5.26. The Morgan fingerprint density at radius 3 is 2.67 bits per heavy atom. The van der Waals surface area contributed by atoms with Crippen LogP contribution in [0.5, 0.6) is 5.75 Å². The number of hydrogen-bond acceptors (Lipinski definition) is 5. The topological polar surface area (TPSA) is 116 Å². The predicted octanol–water partition coefficient (Wildman–Crippen LogP) is 0.699. The molecule has 0 aromatic heterocycles. The summed E-state index contributed by atoms with van der Waals surface area (Å²) >= 11 is 0. The molecule has 1 saturated carbocycles. The highest BCUT2D eigenvalue weighted by atomic mass is 16.5. The van der Waals surface area contributed by atoms with E-state index in [1.807, 2.05) is 18.2 Å². The number of aliphatic hydroxyl groups is 1. The van der Waals surface area contributed by atoms with Gasteiger partial charge in [0, 0.05) is 12.5 Å². The van der Waals surface area contributed by atoms with Gasteiger partial charge in [0.15, 0.2) is 5.60 Å². The number of carboxylic acids is 1. The second kappa shape index (κ2) is 7.19. The lowest BCUT2D eigenvalue weighted by Gasteiger charge is -2.29. The smallest absolute Gasteiger partial charge is 0.337 e. The van der Waals surface area contributed by atoms with Gasteiger partial charge in [0.25, 0.3) is 0 Å². The van der Waals surface area contributed by atoms with E-state index in [9.17, 15) is 19.5 Å². The van der Waals surface area contributed by atoms with Crippen molar-refractivity contribution in [1.29, 1.82) is 0 Å². The lowest BCUT2D eigenvalue weighted by Crippen LogP contribution is -2.48. The van der Waals surface area contributed by atoms with Crippen LogP contribution >= 0.6 is 0 Å². The standard InChI is InChI=1S/C19H24N2O6/c1-19(26,18(24)25)10-20-17(23)14-9-15(22)21(12-6-7-12)16(14)11-4-3-5-13(8-11)27-2/h3-5,8,12,14,16,26H,6-7,9-10H2,1-2H3,(H,20,23)(H,24,25). The maximum Gasteiger partial charge on any atom is 0.337 e. The molecule has 0 spiro atoms. The number of carboxylic acid groups (broad SMARTS) is 1. The number of carbonyl (C=O) groups excluding carboxylic acids is 2. The zero-order chi connectivity index (χ0) is 19.8. The zero-order valence-electron chi connectivity index (χ0n) is 15.3. The van der Waals surface area contributed by atoms with Gasteiger partial charge in [-0.05, 0) is 37.5 Å². The molecule has 8 heteroatoms. The van der Waals surface area contributed by atoms with Gasteiger partial charge in [-0.1, -0.05) is 12.1 Å². The van der Waals surface area contributed by atoms with Crippen molar-refractivity contribution in [2.45, 2.75) is 43.9 Å². The SMILES string of the molecule is COc1cccc(C2C(C(=O)NCC(C)(O)C(=O)O)CC(=O)N2C2CC2)c1. The number of nitrogens with one attached hydrogen (secondary N) is 1. The van der Waals surface area contributed by atoms with E-state index in [0.29, 0.717) is 5.75 Å². The number of hydrogen-bond donors (Lipinski definition) is 3. The van der Waals surface area contributed by atoms with Crippen molar-refractivity contribution >= 4 is 17.8 Å². The number of carbonyl (C=O) groups is 3. The van der Waals surface area contributed by atoms with Crippen LogP contribution in [0.25, 0.3) is 0 Å². The molecule has 3 rings (SSSR count). The van der Waals surface area contributed by atoms with E-state index in [1.165, 1.54) is 0 Å². The van der Waals surface area contributed by atoms with Gasteiger partial charge in [-0.3, -0.25) is 9.59 Å². The second-order valence-corrected chi connectivity index (χ2v) is 7.36. The van der Waals surface area contributed by atoms with Gasteiger partial charge in [-0.15, -0.1) is 0 Å². The molecule has 2 fully saturated rings. The lowest BCUT2D eigenvalue weighted by atomic mass is 9.92. The molecule has 1 aliphatic carbocycles. The highest BCUT2D eigenvalue weighted by Crippen LogP contribution is 2.45. The number of nitrogens with zero attached hydrogens (tertiary/aromatic N) is 1. The third kappa shape index (κ3) is 3.90. The van der Waals surface area contributed by atoms with Gasteiger partial charge < -0.3 is 25.2 Å². The number of aliphatic carboxylic acids is 1. The van der Waals surface area contributed by atoms with Crippen LogP contribution in [0.3, 0.4) is 0 Å². The first kappa shape index (κ1) is 19.2. The fourth-order valence-corrected chi connectivity index (χ4v) is 3.46. The van der Waals surface area contributed by atoms with Crippen molar-refractivity contribution in [3.8, 4) is 5.75 Å². The third-order valence-electron chi connectivity index (χ3n) is 5.14. The summed E-state index contributed by atoms with van der Waals surface area (Å²) in [5, 5.41) is 21.3. The quantitative estimate of drug-likeness (QED) is 0.645. The van der Waals surface area contributed by atoms with Crippen LogP contribution in [0.2, 0.25) is 0 Å². The Morgan fingerprint density at radius 2 is 2.07 bits per heavy atom. The van der Waals surface area contributed by atoms with Gasteiger partial charge in [0.05, 0.1) is 25.6 Å². The first-order chi connectivity index (χ1) is 12.7. The minimum absolute atomic E-state index is 0.0550. The normalized spacial score (nSPS) is 24.4. The molecule has 27 heavy (non-hydrogen) atoms. The van der Waals surface area contributed by atoms with E-state index in [1.54, 1.807) is 18.1 Å². The predicted molar refractivity (Wildman–Crippen MR) is 95.0 cm³/mol. The minimum atomic E-state index is -2.07. The highest BCUT2D eigenvalue weighted by Gasteiger charge is 2.50. The van der Waals surface area contributed by atoms with Crippen molar-refractivity contribution in [2.75, 3.05) is 13.7 Å².